The van der Waals surface area contributed by atoms with Crippen molar-refractivity contribution in [3.05, 3.63) is 21.9 Å². The van der Waals surface area contributed by atoms with Crippen LogP contribution in [0, 0.1) is 6.92 Å². The van der Waals surface area contributed by atoms with E-state index >= 15 is 0 Å². The smallest absolute Gasteiger partial charge is 0.372 e. The van der Waals surface area contributed by atoms with Gasteiger partial charge in [-0.05, 0) is 23.9 Å². The number of ketones is 1. The summed E-state index contributed by atoms with van der Waals surface area (Å²) < 4.78 is 0. The molecule has 0 amide bonds. The fraction of sp³-hybridized carbons (Fsp3) is 0.250. The molecule has 0 saturated carbocycles. The van der Waals surface area contributed by atoms with Crippen molar-refractivity contribution in [2.75, 3.05) is 0 Å². The highest BCUT2D eigenvalue weighted by atomic mass is 32.1. The van der Waals surface area contributed by atoms with Gasteiger partial charge in [-0.3, -0.25) is 4.79 Å². The molecule has 0 fully saturated rings. The molecule has 0 aliphatic heterocycles. The van der Waals surface area contributed by atoms with Crippen molar-refractivity contribution in [1.82, 2.24) is 0 Å². The van der Waals surface area contributed by atoms with Crippen LogP contribution in [0.1, 0.15) is 10.4 Å². The Balaban J connectivity index is 2.71. The molecule has 0 spiro atoms. The molecule has 1 N–H and O–H groups in total. The molecular formula is C8H8O3S. The summed E-state index contributed by atoms with van der Waals surface area (Å²) in [5, 5.41) is 10.2. The Kier molecular flexibility index (Phi) is 2.60. The molecule has 1 rings (SSSR count). The van der Waals surface area contributed by atoms with E-state index in [0.29, 0.717) is 0 Å². The monoisotopic (exact) mass is 184 g/mol. The number of aliphatic carboxylic acids is 1. The fourth-order valence-electron chi connectivity index (χ4n) is 0.807. The zero-order valence-electron chi connectivity index (χ0n) is 6.53. The summed E-state index contributed by atoms with van der Waals surface area (Å²) in [6.07, 6.45) is 0.0127. The van der Waals surface area contributed by atoms with Crippen LogP contribution in [0.15, 0.2) is 11.4 Å². The fourth-order valence-corrected chi connectivity index (χ4v) is 1.71. The van der Waals surface area contributed by atoms with Crippen LogP contribution in [0.25, 0.3) is 0 Å². The Morgan fingerprint density at radius 3 is 2.67 bits per heavy atom. The van der Waals surface area contributed by atoms with Gasteiger partial charge in [-0.25, -0.2) is 4.79 Å². The van der Waals surface area contributed by atoms with Gasteiger partial charge < -0.3 is 5.11 Å². The van der Waals surface area contributed by atoms with Crippen LogP contribution in [-0.2, 0) is 16.0 Å². The van der Waals surface area contributed by atoms with Crippen molar-refractivity contribution in [2.24, 2.45) is 0 Å². The van der Waals surface area contributed by atoms with Crippen molar-refractivity contribution in [3.63, 3.8) is 0 Å². The second kappa shape index (κ2) is 3.49. The van der Waals surface area contributed by atoms with Crippen LogP contribution in [-0.4, -0.2) is 16.9 Å². The first-order valence-electron chi connectivity index (χ1n) is 3.40. The minimum atomic E-state index is -1.36. The van der Waals surface area contributed by atoms with E-state index in [9.17, 15) is 9.59 Å². The number of carbonyl (C=O) groups is 2. The summed E-state index contributed by atoms with van der Waals surface area (Å²) in [6, 6.07) is 1.87. The van der Waals surface area contributed by atoms with Crippen LogP contribution in [0.3, 0.4) is 0 Å². The molecule has 3 nitrogen and oxygen atoms in total. The summed E-state index contributed by atoms with van der Waals surface area (Å²) in [4.78, 5) is 21.8. The summed E-state index contributed by atoms with van der Waals surface area (Å²) in [7, 11) is 0. The number of hydrogen-bond donors (Lipinski definition) is 1. The van der Waals surface area contributed by atoms with E-state index in [4.69, 9.17) is 5.11 Å². The molecule has 0 atom stereocenters. The van der Waals surface area contributed by atoms with Crippen LogP contribution in [0.4, 0.5) is 0 Å². The minimum Gasteiger partial charge on any atom is -0.475 e. The number of carbonyl (C=O) groups excluding carboxylic acids is 1. The molecule has 4 heteroatoms. The first-order valence-corrected chi connectivity index (χ1v) is 4.28. The first kappa shape index (κ1) is 8.93. The van der Waals surface area contributed by atoms with Gasteiger partial charge in [-0.2, -0.15) is 0 Å². The molecule has 0 bridgehead atoms. The van der Waals surface area contributed by atoms with Crippen LogP contribution >= 0.6 is 11.3 Å². The summed E-state index contributed by atoms with van der Waals surface area (Å²) >= 11 is 1.41. The molecule has 0 saturated heterocycles. The maximum Gasteiger partial charge on any atom is 0.372 e. The average Bonchev–Trinajstić information content (AvgIpc) is 2.36. The van der Waals surface area contributed by atoms with E-state index in [1.54, 1.807) is 0 Å². The maximum atomic E-state index is 10.8. The van der Waals surface area contributed by atoms with E-state index < -0.39 is 11.8 Å². The number of hydrogen-bond acceptors (Lipinski definition) is 3. The van der Waals surface area contributed by atoms with Gasteiger partial charge in [0.05, 0.1) is 6.42 Å². The predicted molar refractivity (Wildman–Crippen MR) is 45.4 cm³/mol. The van der Waals surface area contributed by atoms with Gasteiger partial charge in [0, 0.05) is 4.88 Å². The third kappa shape index (κ3) is 1.92. The largest absolute Gasteiger partial charge is 0.475 e. The normalized spacial score (nSPS) is 9.75. The minimum absolute atomic E-state index is 0.0127. The molecule has 0 radical (unpaired) electrons. The van der Waals surface area contributed by atoms with Crippen molar-refractivity contribution in [1.29, 1.82) is 0 Å². The van der Waals surface area contributed by atoms with E-state index in [1.807, 2.05) is 18.4 Å². The second-order valence-electron chi connectivity index (χ2n) is 2.43. The third-order valence-corrected chi connectivity index (χ3v) is 2.55. The van der Waals surface area contributed by atoms with Crippen LogP contribution < -0.4 is 0 Å². The number of carboxylic acid groups (broad SMARTS) is 1. The summed E-state index contributed by atoms with van der Waals surface area (Å²) in [5.41, 5.74) is 0.981. The van der Waals surface area contributed by atoms with Crippen molar-refractivity contribution in [2.45, 2.75) is 13.3 Å². The highest BCUT2D eigenvalue weighted by molar-refractivity contribution is 7.10. The van der Waals surface area contributed by atoms with Crippen molar-refractivity contribution < 1.29 is 14.7 Å². The molecule has 12 heavy (non-hydrogen) atoms. The Labute approximate surface area is 73.6 Å². The van der Waals surface area contributed by atoms with Gasteiger partial charge >= 0.3 is 5.97 Å². The Hall–Kier alpha value is -1.16. The molecular weight excluding hydrogens is 176 g/mol. The molecule has 0 aromatic carbocycles. The molecule has 0 aliphatic carbocycles. The lowest BCUT2D eigenvalue weighted by Gasteiger charge is -1.93. The number of aryl methyl sites for hydroxylation is 1. The van der Waals surface area contributed by atoms with Crippen LogP contribution in [0.2, 0.25) is 0 Å². The third-order valence-electron chi connectivity index (χ3n) is 1.53. The highest BCUT2D eigenvalue weighted by Gasteiger charge is 2.13. The Bertz CT molecular complexity index is 314. The van der Waals surface area contributed by atoms with E-state index in [0.717, 1.165) is 10.4 Å². The Morgan fingerprint density at radius 1 is 1.58 bits per heavy atom. The van der Waals surface area contributed by atoms with Crippen molar-refractivity contribution >= 4 is 23.1 Å². The predicted octanol–water partition coefficient (Wildman–Crippen LogP) is 1.25. The quantitative estimate of drug-likeness (QED) is 0.719. The summed E-state index contributed by atoms with van der Waals surface area (Å²) in [6.45, 7) is 1.86. The topological polar surface area (TPSA) is 54.4 Å². The maximum absolute atomic E-state index is 10.8. The first-order chi connectivity index (χ1) is 5.61. The Morgan fingerprint density at radius 2 is 2.25 bits per heavy atom. The summed E-state index contributed by atoms with van der Waals surface area (Å²) in [5.74, 6) is -2.11. The lowest BCUT2D eigenvalue weighted by molar-refractivity contribution is -0.148. The van der Waals surface area contributed by atoms with Gasteiger partial charge in [-0.1, -0.05) is 0 Å². The molecule has 1 heterocycles. The number of Topliss-reactive ketones (excluding diaryl/α,β-unsaturated/α-hetero) is 1. The van der Waals surface area contributed by atoms with Gasteiger partial charge in [0.2, 0.25) is 5.78 Å². The highest BCUT2D eigenvalue weighted by Crippen LogP contribution is 2.16. The molecule has 1 aromatic rings. The lowest BCUT2D eigenvalue weighted by Crippen LogP contribution is -2.14. The number of rotatable bonds is 3. The number of thiophene rings is 1. The zero-order valence-corrected chi connectivity index (χ0v) is 7.35. The standard InChI is InChI=1S/C8H8O3S/c1-5-2-3-12-7(5)4-6(9)8(10)11/h2-3H,4H2,1H3,(H,10,11). The van der Waals surface area contributed by atoms with E-state index in [-0.39, 0.29) is 6.42 Å². The van der Waals surface area contributed by atoms with Crippen LogP contribution in [0.5, 0.6) is 0 Å². The molecule has 64 valence electrons. The molecule has 0 aliphatic rings. The van der Waals surface area contributed by atoms with Gasteiger partial charge in [0.15, 0.2) is 0 Å². The van der Waals surface area contributed by atoms with E-state index in [2.05, 4.69) is 0 Å². The SMILES string of the molecule is Cc1ccsc1CC(=O)C(=O)O. The van der Waals surface area contributed by atoms with Gasteiger partial charge in [0.25, 0.3) is 0 Å². The molecule has 1 aromatic heterocycles. The lowest BCUT2D eigenvalue weighted by atomic mass is 10.2. The van der Waals surface area contributed by atoms with Crippen molar-refractivity contribution in [3.8, 4) is 0 Å². The number of carboxylic acids is 1. The van der Waals surface area contributed by atoms with Gasteiger partial charge in [-0.15, -0.1) is 11.3 Å². The zero-order chi connectivity index (χ0) is 9.14. The van der Waals surface area contributed by atoms with E-state index in [1.165, 1.54) is 11.3 Å². The average molecular weight is 184 g/mol. The van der Waals surface area contributed by atoms with Gasteiger partial charge in [0.1, 0.15) is 0 Å². The molecule has 0 unspecified atom stereocenters. The second-order valence-corrected chi connectivity index (χ2v) is 3.43.